The third-order valence-corrected chi connectivity index (χ3v) is 5.13. The Morgan fingerprint density at radius 1 is 1.12 bits per heavy atom. The lowest BCUT2D eigenvalue weighted by Gasteiger charge is -2.10. The molecular weight excluding hydrogens is 422 g/mol. The number of rotatable bonds is 9. The zero-order valence-electron chi connectivity index (χ0n) is 18.5. The summed E-state index contributed by atoms with van der Waals surface area (Å²) in [5, 5.41) is 7.49. The van der Waals surface area contributed by atoms with Gasteiger partial charge in [-0.2, -0.15) is 5.10 Å². The van der Waals surface area contributed by atoms with Gasteiger partial charge in [0.15, 0.2) is 23.8 Å². The highest BCUT2D eigenvalue weighted by atomic mass is 16.5. The largest absolute Gasteiger partial charge is 0.493 e. The molecule has 0 atom stereocenters. The second kappa shape index (κ2) is 9.99. The third kappa shape index (κ3) is 5.20. The van der Waals surface area contributed by atoms with Crippen LogP contribution < -0.4 is 20.3 Å². The number of ether oxygens (including phenoxy) is 2. The van der Waals surface area contributed by atoms with E-state index >= 15 is 0 Å². The summed E-state index contributed by atoms with van der Waals surface area (Å²) in [4.78, 5) is 29.4. The molecule has 0 radical (unpaired) electrons. The van der Waals surface area contributed by atoms with Gasteiger partial charge in [0.25, 0.3) is 11.5 Å². The Kier molecular flexibility index (Phi) is 6.68. The van der Waals surface area contributed by atoms with Crippen molar-refractivity contribution in [3.8, 4) is 11.5 Å². The highest BCUT2D eigenvalue weighted by molar-refractivity contribution is 5.77. The fourth-order valence-electron chi connectivity index (χ4n) is 3.51. The number of nitrogens with one attached hydrogen (secondary N) is 1. The molecule has 0 unspecified atom stereocenters. The highest BCUT2D eigenvalue weighted by Gasteiger charge is 2.11. The molecule has 2 heterocycles. The van der Waals surface area contributed by atoms with Crippen molar-refractivity contribution in [2.24, 2.45) is 0 Å². The van der Waals surface area contributed by atoms with E-state index in [9.17, 15) is 9.59 Å². The van der Waals surface area contributed by atoms with Crippen molar-refractivity contribution < 1.29 is 14.3 Å². The van der Waals surface area contributed by atoms with Gasteiger partial charge in [-0.15, -0.1) is 0 Å². The molecule has 1 amide bonds. The molecule has 4 rings (SSSR count). The molecule has 0 aliphatic carbocycles. The molecule has 33 heavy (non-hydrogen) atoms. The maximum atomic E-state index is 12.9. The van der Waals surface area contributed by atoms with Gasteiger partial charge < -0.3 is 14.8 Å². The first-order valence-electron chi connectivity index (χ1n) is 10.5. The second-order valence-electron chi connectivity index (χ2n) is 7.56. The minimum atomic E-state index is -0.272. The van der Waals surface area contributed by atoms with Gasteiger partial charge in [-0.05, 0) is 24.6 Å². The summed E-state index contributed by atoms with van der Waals surface area (Å²) in [5.41, 5.74) is 2.50. The minimum absolute atomic E-state index is 0.137. The molecule has 0 saturated carbocycles. The number of nitrogens with zero attached hydrogens (tertiary/aromatic N) is 4. The highest BCUT2D eigenvalue weighted by Crippen LogP contribution is 2.25. The van der Waals surface area contributed by atoms with Crippen molar-refractivity contribution in [3.05, 3.63) is 82.5 Å². The number of hydrogen-bond acceptors (Lipinski definition) is 6. The van der Waals surface area contributed by atoms with Gasteiger partial charge >= 0.3 is 0 Å². The number of benzene rings is 2. The number of amides is 1. The summed E-state index contributed by atoms with van der Waals surface area (Å²) < 4.78 is 13.9. The van der Waals surface area contributed by atoms with Crippen molar-refractivity contribution >= 4 is 16.9 Å². The zero-order chi connectivity index (χ0) is 23.2. The van der Waals surface area contributed by atoms with E-state index in [-0.39, 0.29) is 18.1 Å². The second-order valence-corrected chi connectivity index (χ2v) is 7.56. The Bertz CT molecular complexity index is 1330. The van der Waals surface area contributed by atoms with Crippen LogP contribution in [0.25, 0.3) is 11.0 Å². The van der Waals surface area contributed by atoms with E-state index in [0.29, 0.717) is 42.2 Å². The molecule has 2 aromatic carbocycles. The average Bonchev–Trinajstić information content (AvgIpc) is 3.23. The van der Waals surface area contributed by atoms with E-state index in [4.69, 9.17) is 9.47 Å². The van der Waals surface area contributed by atoms with E-state index in [1.54, 1.807) is 34.6 Å². The lowest BCUT2D eigenvalue weighted by molar-refractivity contribution is -0.123. The SMILES string of the molecule is COc1ccccc1OCC(=O)NCCn1ncc2c(=O)n(Cc3cccc(C)c3)cnc21. The van der Waals surface area contributed by atoms with Crippen molar-refractivity contribution in [2.75, 3.05) is 20.3 Å². The summed E-state index contributed by atoms with van der Waals surface area (Å²) in [6.07, 6.45) is 3.05. The standard InChI is InChI=1S/C24H25N5O4/c1-17-6-5-7-18(12-17)14-28-16-26-23-19(24(28)31)13-27-29(23)11-10-25-22(30)15-33-21-9-4-3-8-20(21)32-2/h3-9,12-13,16H,10-11,14-15H2,1-2H3,(H,25,30). The smallest absolute Gasteiger partial charge is 0.264 e. The number of fused-ring (bicyclic) bond motifs is 1. The monoisotopic (exact) mass is 447 g/mol. The van der Waals surface area contributed by atoms with Crippen LogP contribution in [-0.4, -0.2) is 45.5 Å². The van der Waals surface area contributed by atoms with Gasteiger partial charge in [-0.25, -0.2) is 9.67 Å². The summed E-state index contributed by atoms with van der Waals surface area (Å²) in [6.45, 7) is 3.01. The first-order valence-corrected chi connectivity index (χ1v) is 10.5. The molecule has 0 saturated heterocycles. The molecule has 1 N–H and O–H groups in total. The molecule has 0 aliphatic heterocycles. The van der Waals surface area contributed by atoms with E-state index in [2.05, 4.69) is 15.4 Å². The molecule has 4 aromatic rings. The van der Waals surface area contributed by atoms with Crippen LogP contribution in [0.2, 0.25) is 0 Å². The topological polar surface area (TPSA) is 100 Å². The number of aryl methyl sites for hydroxylation is 1. The summed E-state index contributed by atoms with van der Waals surface area (Å²) >= 11 is 0. The Balaban J connectivity index is 1.35. The molecule has 2 aromatic heterocycles. The first-order chi connectivity index (χ1) is 16.0. The number of carbonyl (C=O) groups excluding carboxylic acids is 1. The van der Waals surface area contributed by atoms with Gasteiger partial charge in [-0.1, -0.05) is 42.0 Å². The minimum Gasteiger partial charge on any atom is -0.493 e. The molecule has 0 spiro atoms. The van der Waals surface area contributed by atoms with Crippen LogP contribution >= 0.6 is 0 Å². The number of para-hydroxylation sites is 2. The predicted molar refractivity (Wildman–Crippen MR) is 124 cm³/mol. The van der Waals surface area contributed by atoms with Crippen molar-refractivity contribution in [1.29, 1.82) is 0 Å². The number of aromatic nitrogens is 4. The van der Waals surface area contributed by atoms with Crippen LogP contribution in [0.1, 0.15) is 11.1 Å². The molecule has 9 heteroatoms. The normalized spacial score (nSPS) is 10.8. The number of hydrogen-bond donors (Lipinski definition) is 1. The van der Waals surface area contributed by atoms with Gasteiger partial charge in [0, 0.05) is 6.54 Å². The summed E-state index contributed by atoms with van der Waals surface area (Å²) in [6, 6.07) is 15.1. The van der Waals surface area contributed by atoms with Gasteiger partial charge in [0.1, 0.15) is 11.7 Å². The van der Waals surface area contributed by atoms with Crippen LogP contribution in [0.15, 0.2) is 65.8 Å². The maximum absolute atomic E-state index is 12.9. The molecular formula is C24H25N5O4. The Labute approximate surface area is 190 Å². The Morgan fingerprint density at radius 2 is 1.94 bits per heavy atom. The molecule has 0 aliphatic rings. The summed E-state index contributed by atoms with van der Waals surface area (Å²) in [5.74, 6) is 0.789. The average molecular weight is 447 g/mol. The number of carbonyl (C=O) groups is 1. The van der Waals surface area contributed by atoms with Gasteiger partial charge in [0.05, 0.1) is 26.4 Å². The van der Waals surface area contributed by atoms with E-state index in [1.165, 1.54) is 12.5 Å². The van der Waals surface area contributed by atoms with Gasteiger partial charge in [-0.3, -0.25) is 14.2 Å². The maximum Gasteiger partial charge on any atom is 0.264 e. The lowest BCUT2D eigenvalue weighted by atomic mass is 10.1. The molecule has 0 fully saturated rings. The van der Waals surface area contributed by atoms with Crippen LogP contribution in [-0.2, 0) is 17.9 Å². The van der Waals surface area contributed by atoms with Gasteiger partial charge in [0.2, 0.25) is 0 Å². The number of methoxy groups -OCH3 is 1. The van der Waals surface area contributed by atoms with Crippen LogP contribution in [0.3, 0.4) is 0 Å². The third-order valence-electron chi connectivity index (χ3n) is 5.13. The van der Waals surface area contributed by atoms with E-state index in [0.717, 1.165) is 11.1 Å². The Hall–Kier alpha value is -4.14. The quantitative estimate of drug-likeness (QED) is 0.422. The Morgan fingerprint density at radius 3 is 2.73 bits per heavy atom. The fourth-order valence-corrected chi connectivity index (χ4v) is 3.51. The molecule has 9 nitrogen and oxygen atoms in total. The summed E-state index contributed by atoms with van der Waals surface area (Å²) in [7, 11) is 1.54. The van der Waals surface area contributed by atoms with Crippen molar-refractivity contribution in [1.82, 2.24) is 24.6 Å². The van der Waals surface area contributed by atoms with Crippen LogP contribution in [0.5, 0.6) is 11.5 Å². The lowest BCUT2D eigenvalue weighted by Crippen LogP contribution is -2.32. The van der Waals surface area contributed by atoms with Crippen molar-refractivity contribution in [2.45, 2.75) is 20.0 Å². The van der Waals surface area contributed by atoms with E-state index in [1.807, 2.05) is 37.3 Å². The first kappa shape index (κ1) is 22.1. The zero-order valence-corrected chi connectivity index (χ0v) is 18.5. The van der Waals surface area contributed by atoms with Crippen LogP contribution in [0, 0.1) is 6.92 Å². The molecule has 0 bridgehead atoms. The van der Waals surface area contributed by atoms with Crippen LogP contribution in [0.4, 0.5) is 0 Å². The fraction of sp³-hybridized carbons (Fsp3) is 0.250. The predicted octanol–water partition coefficient (Wildman–Crippen LogP) is 2.15. The van der Waals surface area contributed by atoms with Crippen molar-refractivity contribution in [3.63, 3.8) is 0 Å². The molecule has 170 valence electrons. The van der Waals surface area contributed by atoms with E-state index < -0.39 is 0 Å².